The SMILES string of the molecule is C=CC(CC/C=C/CC(CC)c1ccccc1)CC(C)CCP(=O)(c1ccccc1)c1ccccc1. The van der Waals surface area contributed by atoms with Crippen LogP contribution in [0.4, 0.5) is 0 Å². The van der Waals surface area contributed by atoms with E-state index in [1.165, 1.54) is 5.56 Å². The van der Waals surface area contributed by atoms with Crippen LogP contribution in [-0.4, -0.2) is 6.16 Å². The lowest BCUT2D eigenvalue weighted by Crippen LogP contribution is -2.19. The van der Waals surface area contributed by atoms with Gasteiger partial charge in [0.1, 0.15) is 7.14 Å². The van der Waals surface area contributed by atoms with Crippen LogP contribution < -0.4 is 10.6 Å². The Labute approximate surface area is 219 Å². The molecule has 190 valence electrons. The van der Waals surface area contributed by atoms with Gasteiger partial charge in [-0.15, -0.1) is 6.58 Å². The predicted molar refractivity (Wildman–Crippen MR) is 159 cm³/mol. The summed E-state index contributed by atoms with van der Waals surface area (Å²) in [5.74, 6) is 1.59. The molecule has 0 saturated carbocycles. The first-order valence-corrected chi connectivity index (χ1v) is 15.5. The molecular formula is C34H43OP. The predicted octanol–water partition coefficient (Wildman–Crippen LogP) is 9.14. The van der Waals surface area contributed by atoms with Crippen LogP contribution in [0.1, 0.15) is 63.9 Å². The first-order valence-electron chi connectivity index (χ1n) is 13.6. The Morgan fingerprint density at radius 1 is 0.806 bits per heavy atom. The molecule has 0 saturated heterocycles. The number of benzene rings is 3. The Bertz CT molecular complexity index is 1040. The van der Waals surface area contributed by atoms with Crippen LogP contribution >= 0.6 is 7.14 Å². The molecule has 2 heteroatoms. The Kier molecular flexibility index (Phi) is 11.5. The van der Waals surface area contributed by atoms with E-state index in [2.05, 4.69) is 69.0 Å². The summed E-state index contributed by atoms with van der Waals surface area (Å²) in [7, 11) is -2.64. The van der Waals surface area contributed by atoms with Gasteiger partial charge in [-0.2, -0.15) is 0 Å². The molecule has 3 atom stereocenters. The molecule has 1 nitrogen and oxygen atoms in total. The molecule has 0 spiro atoms. The quantitative estimate of drug-likeness (QED) is 0.151. The molecule has 0 bridgehead atoms. The molecular weight excluding hydrogens is 455 g/mol. The summed E-state index contributed by atoms with van der Waals surface area (Å²) in [4.78, 5) is 0. The van der Waals surface area contributed by atoms with Gasteiger partial charge in [0.25, 0.3) is 0 Å². The zero-order valence-electron chi connectivity index (χ0n) is 22.1. The van der Waals surface area contributed by atoms with Crippen molar-refractivity contribution in [2.75, 3.05) is 6.16 Å². The Balaban J connectivity index is 1.50. The second-order valence-corrected chi connectivity index (χ2v) is 13.0. The van der Waals surface area contributed by atoms with E-state index in [1.807, 2.05) is 60.7 Å². The second kappa shape index (κ2) is 14.8. The Morgan fingerprint density at radius 2 is 1.36 bits per heavy atom. The highest BCUT2D eigenvalue weighted by atomic mass is 31.2. The minimum absolute atomic E-state index is 0.494. The minimum Gasteiger partial charge on any atom is -0.314 e. The molecule has 0 heterocycles. The summed E-state index contributed by atoms with van der Waals surface area (Å²) in [6.45, 7) is 8.70. The molecule has 3 aromatic carbocycles. The molecule has 0 aliphatic rings. The number of rotatable bonds is 15. The maximum atomic E-state index is 14.3. The van der Waals surface area contributed by atoms with E-state index in [9.17, 15) is 4.57 Å². The fourth-order valence-corrected chi connectivity index (χ4v) is 7.99. The number of allylic oxidation sites excluding steroid dienone is 3. The van der Waals surface area contributed by atoms with Crippen LogP contribution in [0, 0.1) is 11.8 Å². The van der Waals surface area contributed by atoms with Gasteiger partial charge in [0, 0.05) is 16.8 Å². The van der Waals surface area contributed by atoms with Crippen molar-refractivity contribution in [3.8, 4) is 0 Å². The highest BCUT2D eigenvalue weighted by Gasteiger charge is 2.27. The first-order chi connectivity index (χ1) is 17.6. The third-order valence-corrected chi connectivity index (χ3v) is 10.5. The highest BCUT2D eigenvalue weighted by molar-refractivity contribution is 7.78. The second-order valence-electron chi connectivity index (χ2n) is 10.1. The van der Waals surface area contributed by atoms with Gasteiger partial charge < -0.3 is 4.57 Å². The van der Waals surface area contributed by atoms with Crippen LogP contribution in [-0.2, 0) is 4.57 Å². The fourth-order valence-electron chi connectivity index (χ4n) is 5.07. The van der Waals surface area contributed by atoms with Crippen molar-refractivity contribution in [2.24, 2.45) is 11.8 Å². The van der Waals surface area contributed by atoms with Crippen molar-refractivity contribution in [2.45, 2.75) is 58.3 Å². The zero-order chi connectivity index (χ0) is 25.6. The maximum Gasteiger partial charge on any atom is 0.143 e. The molecule has 0 N–H and O–H groups in total. The van der Waals surface area contributed by atoms with Crippen molar-refractivity contribution in [3.63, 3.8) is 0 Å². The fraction of sp³-hybridized carbons (Fsp3) is 0.353. The van der Waals surface area contributed by atoms with Crippen molar-refractivity contribution in [1.82, 2.24) is 0 Å². The van der Waals surface area contributed by atoms with Gasteiger partial charge in [-0.3, -0.25) is 0 Å². The lowest BCUT2D eigenvalue weighted by atomic mass is 9.90. The van der Waals surface area contributed by atoms with E-state index in [0.717, 1.165) is 49.1 Å². The summed E-state index contributed by atoms with van der Waals surface area (Å²) in [5, 5.41) is 1.93. The van der Waals surface area contributed by atoms with Crippen LogP contribution in [0.15, 0.2) is 116 Å². The van der Waals surface area contributed by atoms with Crippen molar-refractivity contribution < 1.29 is 4.57 Å². The average molecular weight is 499 g/mol. The molecule has 36 heavy (non-hydrogen) atoms. The summed E-state index contributed by atoms with van der Waals surface area (Å²) in [5.41, 5.74) is 1.44. The van der Waals surface area contributed by atoms with E-state index in [1.54, 1.807) is 0 Å². The van der Waals surface area contributed by atoms with E-state index >= 15 is 0 Å². The monoisotopic (exact) mass is 498 g/mol. The lowest BCUT2D eigenvalue weighted by Gasteiger charge is -2.23. The zero-order valence-corrected chi connectivity index (χ0v) is 23.0. The third-order valence-electron chi connectivity index (χ3n) is 7.38. The molecule has 3 unspecified atom stereocenters. The van der Waals surface area contributed by atoms with E-state index in [4.69, 9.17) is 0 Å². The molecule has 0 aliphatic heterocycles. The Hall–Kier alpha value is -2.63. The van der Waals surface area contributed by atoms with Crippen LogP contribution in [0.25, 0.3) is 0 Å². The van der Waals surface area contributed by atoms with Gasteiger partial charge >= 0.3 is 0 Å². The largest absolute Gasteiger partial charge is 0.314 e. The van der Waals surface area contributed by atoms with Crippen molar-refractivity contribution >= 4 is 17.8 Å². The normalized spacial score (nSPS) is 14.4. The van der Waals surface area contributed by atoms with Gasteiger partial charge in [0.2, 0.25) is 0 Å². The molecule has 0 radical (unpaired) electrons. The molecule has 0 aromatic heterocycles. The first kappa shape index (κ1) is 27.9. The summed E-state index contributed by atoms with van der Waals surface area (Å²) in [6.07, 6.45) is 14.1. The van der Waals surface area contributed by atoms with E-state index in [-0.39, 0.29) is 0 Å². The van der Waals surface area contributed by atoms with Gasteiger partial charge in [-0.1, -0.05) is 123 Å². The highest BCUT2D eigenvalue weighted by Crippen LogP contribution is 2.45. The minimum atomic E-state index is -2.64. The smallest absolute Gasteiger partial charge is 0.143 e. The van der Waals surface area contributed by atoms with Crippen LogP contribution in [0.3, 0.4) is 0 Å². The molecule has 0 fully saturated rings. The maximum absolute atomic E-state index is 14.3. The van der Waals surface area contributed by atoms with E-state index in [0.29, 0.717) is 23.9 Å². The molecule has 0 aliphatic carbocycles. The number of hydrogen-bond donors (Lipinski definition) is 0. The van der Waals surface area contributed by atoms with Crippen LogP contribution in [0.2, 0.25) is 0 Å². The summed E-state index contributed by atoms with van der Waals surface area (Å²) < 4.78 is 14.3. The van der Waals surface area contributed by atoms with Crippen molar-refractivity contribution in [3.05, 3.63) is 121 Å². The van der Waals surface area contributed by atoms with Gasteiger partial charge in [-0.05, 0) is 61.8 Å². The van der Waals surface area contributed by atoms with E-state index < -0.39 is 7.14 Å². The lowest BCUT2D eigenvalue weighted by molar-refractivity contribution is 0.419. The average Bonchev–Trinajstić information content (AvgIpc) is 2.94. The van der Waals surface area contributed by atoms with Crippen LogP contribution in [0.5, 0.6) is 0 Å². The summed E-state index contributed by atoms with van der Waals surface area (Å²) >= 11 is 0. The standard InChI is InChI=1S/C34H43OP/c1-4-30(18-10-6-11-19-31(5-2)32-20-12-7-13-21-32)28-29(3)26-27-36(35,33-22-14-8-15-23-33)34-24-16-9-17-25-34/h4,6-9,11-17,20-25,29-31H,1,5,10,18-19,26-28H2,2-3H3/b11-6+. The molecule has 3 rings (SSSR count). The topological polar surface area (TPSA) is 17.1 Å². The Morgan fingerprint density at radius 3 is 1.89 bits per heavy atom. The summed E-state index contributed by atoms with van der Waals surface area (Å²) in [6, 6.07) is 30.9. The molecule has 3 aromatic rings. The van der Waals surface area contributed by atoms with Gasteiger partial charge in [-0.25, -0.2) is 0 Å². The van der Waals surface area contributed by atoms with Gasteiger partial charge in [0.15, 0.2) is 0 Å². The number of hydrogen-bond acceptors (Lipinski definition) is 1. The third kappa shape index (κ3) is 8.21. The van der Waals surface area contributed by atoms with Gasteiger partial charge in [0.05, 0.1) is 0 Å². The molecule has 0 amide bonds. The van der Waals surface area contributed by atoms with Crippen molar-refractivity contribution in [1.29, 1.82) is 0 Å².